The largest absolute Gasteiger partial charge is 0.469 e. The van der Waals surface area contributed by atoms with Crippen molar-refractivity contribution in [1.82, 2.24) is 4.31 Å². The molecule has 0 spiro atoms. The highest BCUT2D eigenvalue weighted by Crippen LogP contribution is 2.32. The highest BCUT2D eigenvalue weighted by atomic mass is 32.2. The van der Waals surface area contributed by atoms with Crippen molar-refractivity contribution < 1.29 is 17.9 Å². The highest BCUT2D eigenvalue weighted by molar-refractivity contribution is 7.89. The first-order valence-corrected chi connectivity index (χ1v) is 9.27. The molecule has 1 unspecified atom stereocenters. The van der Waals surface area contributed by atoms with Crippen molar-refractivity contribution in [3.8, 4) is 0 Å². The molecule has 1 fully saturated rings. The van der Waals surface area contributed by atoms with E-state index in [-0.39, 0.29) is 18.4 Å². The van der Waals surface area contributed by atoms with Gasteiger partial charge in [0.25, 0.3) is 0 Å². The Hall–Kier alpha value is -0.920. The van der Waals surface area contributed by atoms with E-state index in [0.717, 1.165) is 22.6 Å². The molecule has 0 radical (unpaired) electrons. The van der Waals surface area contributed by atoms with Crippen molar-refractivity contribution in [1.29, 1.82) is 0 Å². The summed E-state index contributed by atoms with van der Waals surface area (Å²) < 4.78 is 31.9. The Morgan fingerprint density at radius 3 is 2.71 bits per heavy atom. The lowest BCUT2D eigenvalue weighted by atomic mass is 10.0. The number of piperidine rings is 1. The summed E-state index contributed by atoms with van der Waals surface area (Å²) in [5.41, 5.74) is 0. The summed E-state index contributed by atoms with van der Waals surface area (Å²) in [5, 5.41) is 0. The molecule has 118 valence electrons. The molecule has 0 aliphatic carbocycles. The molecular weight excluding hydrogens is 310 g/mol. The predicted molar refractivity (Wildman–Crippen MR) is 82.0 cm³/mol. The molecule has 2 rings (SSSR count). The van der Waals surface area contributed by atoms with Gasteiger partial charge in [-0.05, 0) is 32.8 Å². The summed E-state index contributed by atoms with van der Waals surface area (Å²) in [7, 11) is -2.21. The van der Waals surface area contributed by atoms with Crippen LogP contribution in [-0.4, -0.2) is 38.4 Å². The second-order valence-electron chi connectivity index (χ2n) is 5.32. The first-order chi connectivity index (χ1) is 9.86. The van der Waals surface area contributed by atoms with Crippen LogP contribution in [0.3, 0.4) is 0 Å². The van der Waals surface area contributed by atoms with Gasteiger partial charge in [-0.2, -0.15) is 4.31 Å². The minimum absolute atomic E-state index is 0.123. The number of aryl methyl sites for hydroxylation is 2. The van der Waals surface area contributed by atoms with Crippen LogP contribution in [0.4, 0.5) is 0 Å². The SMILES string of the molecule is COC(=O)CC1CCCCN1S(=O)(=O)c1cc(C)sc1C. The predicted octanol–water partition coefficient (Wildman–Crippen LogP) is 2.47. The van der Waals surface area contributed by atoms with Crippen LogP contribution in [-0.2, 0) is 19.6 Å². The molecular formula is C14H21NO4S2. The number of esters is 1. The van der Waals surface area contributed by atoms with E-state index in [1.165, 1.54) is 22.8 Å². The van der Waals surface area contributed by atoms with E-state index in [0.29, 0.717) is 17.9 Å². The van der Waals surface area contributed by atoms with Gasteiger partial charge >= 0.3 is 5.97 Å². The number of carbonyl (C=O) groups excluding carboxylic acids is 1. The maximum atomic E-state index is 12.9. The molecule has 0 bridgehead atoms. The average Bonchev–Trinajstić information content (AvgIpc) is 2.78. The molecule has 1 aromatic rings. The van der Waals surface area contributed by atoms with Crippen LogP contribution in [0.25, 0.3) is 0 Å². The van der Waals surface area contributed by atoms with E-state index in [1.807, 2.05) is 13.8 Å². The molecule has 5 nitrogen and oxygen atoms in total. The van der Waals surface area contributed by atoms with E-state index < -0.39 is 10.0 Å². The molecule has 1 saturated heterocycles. The van der Waals surface area contributed by atoms with Crippen molar-refractivity contribution in [3.05, 3.63) is 15.8 Å². The van der Waals surface area contributed by atoms with Crippen LogP contribution in [0.15, 0.2) is 11.0 Å². The third-order valence-corrected chi connectivity index (χ3v) is 6.96. The lowest BCUT2D eigenvalue weighted by molar-refractivity contribution is -0.141. The first-order valence-electron chi connectivity index (χ1n) is 7.02. The Morgan fingerprint density at radius 2 is 2.14 bits per heavy atom. The number of carbonyl (C=O) groups is 1. The number of nitrogens with zero attached hydrogens (tertiary/aromatic N) is 1. The van der Waals surface area contributed by atoms with Crippen molar-refractivity contribution in [2.75, 3.05) is 13.7 Å². The molecule has 0 aromatic carbocycles. The topological polar surface area (TPSA) is 63.7 Å². The highest BCUT2D eigenvalue weighted by Gasteiger charge is 2.36. The van der Waals surface area contributed by atoms with Gasteiger partial charge in [-0.25, -0.2) is 8.42 Å². The average molecular weight is 331 g/mol. The van der Waals surface area contributed by atoms with E-state index in [4.69, 9.17) is 0 Å². The summed E-state index contributed by atoms with van der Waals surface area (Å²) in [6.07, 6.45) is 2.60. The number of rotatable bonds is 4. The third-order valence-electron chi connectivity index (χ3n) is 3.79. The Kier molecular flexibility index (Phi) is 5.06. The second kappa shape index (κ2) is 6.46. The van der Waals surface area contributed by atoms with Gasteiger partial charge in [0.1, 0.15) is 0 Å². The molecule has 0 N–H and O–H groups in total. The number of methoxy groups -OCH3 is 1. The van der Waals surface area contributed by atoms with Crippen LogP contribution in [0.5, 0.6) is 0 Å². The van der Waals surface area contributed by atoms with Crippen LogP contribution in [0.2, 0.25) is 0 Å². The summed E-state index contributed by atoms with van der Waals surface area (Å²) in [5.74, 6) is -0.361. The van der Waals surface area contributed by atoms with Gasteiger partial charge in [-0.1, -0.05) is 6.42 Å². The van der Waals surface area contributed by atoms with Crippen LogP contribution in [0.1, 0.15) is 35.4 Å². The van der Waals surface area contributed by atoms with Crippen LogP contribution >= 0.6 is 11.3 Å². The Labute approximate surface area is 130 Å². The van der Waals surface area contributed by atoms with Gasteiger partial charge in [0, 0.05) is 22.3 Å². The number of hydrogen-bond donors (Lipinski definition) is 0. The minimum Gasteiger partial charge on any atom is -0.469 e. The molecule has 1 aliphatic heterocycles. The number of thiophene rings is 1. The molecule has 21 heavy (non-hydrogen) atoms. The normalized spacial score (nSPS) is 20.4. The third kappa shape index (κ3) is 3.46. The van der Waals surface area contributed by atoms with Gasteiger partial charge < -0.3 is 4.74 Å². The summed E-state index contributed by atoms with van der Waals surface area (Å²) in [4.78, 5) is 13.7. The second-order valence-corrected chi connectivity index (χ2v) is 8.64. The zero-order chi connectivity index (χ0) is 15.6. The zero-order valence-corrected chi connectivity index (χ0v) is 14.2. The van der Waals surface area contributed by atoms with E-state index in [1.54, 1.807) is 6.07 Å². The van der Waals surface area contributed by atoms with Crippen molar-refractivity contribution >= 4 is 27.3 Å². The van der Waals surface area contributed by atoms with Crippen molar-refractivity contribution in [3.63, 3.8) is 0 Å². The zero-order valence-electron chi connectivity index (χ0n) is 12.6. The van der Waals surface area contributed by atoms with Crippen molar-refractivity contribution in [2.45, 2.75) is 50.5 Å². The van der Waals surface area contributed by atoms with Gasteiger partial charge in [-0.3, -0.25) is 4.79 Å². The maximum absolute atomic E-state index is 12.9. The minimum atomic E-state index is -3.54. The maximum Gasteiger partial charge on any atom is 0.307 e. The lowest BCUT2D eigenvalue weighted by Gasteiger charge is -2.34. The van der Waals surface area contributed by atoms with E-state index in [2.05, 4.69) is 4.74 Å². The Bertz CT molecular complexity index is 621. The fraction of sp³-hybridized carbons (Fsp3) is 0.643. The number of sulfonamides is 1. The summed E-state index contributed by atoms with van der Waals surface area (Å²) in [6.45, 7) is 4.20. The summed E-state index contributed by atoms with van der Waals surface area (Å²) >= 11 is 1.48. The fourth-order valence-electron chi connectivity index (χ4n) is 2.76. The molecule has 1 aliphatic rings. The fourth-order valence-corrected chi connectivity index (χ4v) is 5.98. The van der Waals surface area contributed by atoms with Gasteiger partial charge in [-0.15, -0.1) is 11.3 Å². The quantitative estimate of drug-likeness (QED) is 0.795. The molecule has 7 heteroatoms. The monoisotopic (exact) mass is 331 g/mol. The Balaban J connectivity index is 2.31. The Morgan fingerprint density at radius 1 is 1.43 bits per heavy atom. The smallest absolute Gasteiger partial charge is 0.307 e. The molecule has 1 atom stereocenters. The number of ether oxygens (including phenoxy) is 1. The van der Waals surface area contributed by atoms with Gasteiger partial charge in [0.05, 0.1) is 18.4 Å². The lowest BCUT2D eigenvalue weighted by Crippen LogP contribution is -2.44. The first kappa shape index (κ1) is 16.5. The van der Waals surface area contributed by atoms with Crippen molar-refractivity contribution in [2.24, 2.45) is 0 Å². The standard InChI is InChI=1S/C14H21NO4S2/c1-10-8-13(11(2)20-10)21(17,18)15-7-5-4-6-12(15)9-14(16)19-3/h8,12H,4-7,9H2,1-3H3. The van der Waals surface area contributed by atoms with Gasteiger partial charge in [0.2, 0.25) is 10.0 Å². The summed E-state index contributed by atoms with van der Waals surface area (Å²) in [6, 6.07) is 1.43. The molecule has 0 amide bonds. The molecule has 2 heterocycles. The van der Waals surface area contributed by atoms with E-state index >= 15 is 0 Å². The van der Waals surface area contributed by atoms with Crippen LogP contribution < -0.4 is 0 Å². The number of hydrogen-bond acceptors (Lipinski definition) is 5. The van der Waals surface area contributed by atoms with Gasteiger partial charge in [0.15, 0.2) is 0 Å². The van der Waals surface area contributed by atoms with Crippen LogP contribution in [0, 0.1) is 13.8 Å². The van der Waals surface area contributed by atoms with E-state index in [9.17, 15) is 13.2 Å². The molecule has 1 aromatic heterocycles. The molecule has 0 saturated carbocycles.